The lowest BCUT2D eigenvalue weighted by Crippen LogP contribution is -2.41. The summed E-state index contributed by atoms with van der Waals surface area (Å²) < 4.78 is 6.12. The molecule has 0 bridgehead atoms. The number of aromatic nitrogens is 2. The molecule has 0 spiro atoms. The van der Waals surface area contributed by atoms with Crippen molar-refractivity contribution in [2.24, 2.45) is 5.92 Å². The van der Waals surface area contributed by atoms with Crippen LogP contribution in [0.4, 0.5) is 10.8 Å². The number of likely N-dealkylation sites (tertiary alicyclic amines) is 1. The molecule has 1 aromatic carbocycles. The van der Waals surface area contributed by atoms with E-state index in [1.54, 1.807) is 7.11 Å². The Kier molecular flexibility index (Phi) is 6.37. The summed E-state index contributed by atoms with van der Waals surface area (Å²) in [6.45, 7) is 5.92. The van der Waals surface area contributed by atoms with E-state index in [2.05, 4.69) is 22.4 Å². The van der Waals surface area contributed by atoms with Crippen LogP contribution in [0, 0.1) is 5.92 Å². The monoisotopic (exact) mass is 392 g/mol. The molecule has 1 unspecified atom stereocenters. The fraction of sp³-hybridized carbons (Fsp3) is 0.500. The Balaban J connectivity index is 1.58. The van der Waals surface area contributed by atoms with E-state index < -0.39 is 0 Å². The van der Waals surface area contributed by atoms with Gasteiger partial charge in [-0.1, -0.05) is 42.2 Å². The molecule has 1 atom stereocenters. The van der Waals surface area contributed by atoms with Crippen LogP contribution in [0.25, 0.3) is 0 Å². The number of rotatable bonds is 6. The van der Waals surface area contributed by atoms with Gasteiger partial charge in [-0.05, 0) is 37.8 Å². The number of hydrogen-bond donors (Lipinski definition) is 1. The summed E-state index contributed by atoms with van der Waals surface area (Å²) in [6.07, 6.45) is 2.18. The number of hydrogen-bond acceptors (Lipinski definition) is 7. The van der Waals surface area contributed by atoms with Crippen molar-refractivity contribution in [2.75, 3.05) is 25.5 Å². The third-order valence-electron chi connectivity index (χ3n) is 4.48. The van der Waals surface area contributed by atoms with E-state index in [0.29, 0.717) is 11.0 Å². The van der Waals surface area contributed by atoms with Crippen LogP contribution < -0.4 is 10.1 Å². The fourth-order valence-corrected chi connectivity index (χ4v) is 4.85. The third-order valence-corrected chi connectivity index (χ3v) is 6.49. The molecule has 0 aliphatic carbocycles. The number of piperidine rings is 1. The van der Waals surface area contributed by atoms with Crippen LogP contribution in [0.15, 0.2) is 28.6 Å². The Hall–Kier alpha value is -1.80. The number of carbonyl (C=O) groups is 1. The highest BCUT2D eigenvalue weighted by Crippen LogP contribution is 2.33. The van der Waals surface area contributed by atoms with Crippen LogP contribution in [0.5, 0.6) is 5.75 Å². The van der Waals surface area contributed by atoms with E-state index in [1.807, 2.05) is 36.1 Å². The van der Waals surface area contributed by atoms with Crippen molar-refractivity contribution >= 4 is 39.8 Å². The van der Waals surface area contributed by atoms with Gasteiger partial charge in [0.2, 0.25) is 11.0 Å². The van der Waals surface area contributed by atoms with Crippen LogP contribution >= 0.6 is 23.1 Å². The molecule has 26 heavy (non-hydrogen) atoms. The summed E-state index contributed by atoms with van der Waals surface area (Å²) in [5.74, 6) is 1.66. The zero-order valence-electron chi connectivity index (χ0n) is 15.3. The third kappa shape index (κ3) is 4.67. The number of benzene rings is 1. The van der Waals surface area contributed by atoms with Gasteiger partial charge in [0.25, 0.3) is 0 Å². The molecule has 1 aliphatic heterocycles. The predicted molar refractivity (Wildman–Crippen MR) is 106 cm³/mol. The number of amides is 1. The summed E-state index contributed by atoms with van der Waals surface area (Å²) in [7, 11) is 1.64. The van der Waals surface area contributed by atoms with Crippen LogP contribution in [-0.2, 0) is 4.79 Å². The van der Waals surface area contributed by atoms with Gasteiger partial charge in [0.1, 0.15) is 5.75 Å². The molecule has 1 amide bonds. The minimum absolute atomic E-state index is 0.157. The smallest absolute Gasteiger partial charge is 0.235 e. The zero-order chi connectivity index (χ0) is 18.5. The van der Waals surface area contributed by atoms with Crippen LogP contribution in [0.2, 0.25) is 0 Å². The fourth-order valence-electron chi connectivity index (χ4n) is 2.86. The summed E-state index contributed by atoms with van der Waals surface area (Å²) in [6, 6.07) is 7.66. The maximum atomic E-state index is 12.6. The highest BCUT2D eigenvalue weighted by atomic mass is 32.2. The Morgan fingerprint density at radius 3 is 2.81 bits per heavy atom. The Labute approximate surface area is 162 Å². The quantitative estimate of drug-likeness (QED) is 0.749. The summed E-state index contributed by atoms with van der Waals surface area (Å²) in [5.41, 5.74) is 0.842. The van der Waals surface area contributed by atoms with Gasteiger partial charge in [-0.3, -0.25) is 4.79 Å². The van der Waals surface area contributed by atoms with E-state index in [4.69, 9.17) is 4.74 Å². The largest absolute Gasteiger partial charge is 0.495 e. The minimum Gasteiger partial charge on any atom is -0.495 e. The van der Waals surface area contributed by atoms with Gasteiger partial charge in [-0.2, -0.15) is 0 Å². The second-order valence-electron chi connectivity index (χ2n) is 6.47. The molecule has 1 saturated heterocycles. The Bertz CT molecular complexity index is 744. The van der Waals surface area contributed by atoms with Gasteiger partial charge < -0.3 is 15.0 Å². The van der Waals surface area contributed by atoms with Crippen molar-refractivity contribution in [1.29, 1.82) is 0 Å². The molecule has 6 nitrogen and oxygen atoms in total. The molecule has 1 fully saturated rings. The van der Waals surface area contributed by atoms with Gasteiger partial charge in [-0.25, -0.2) is 0 Å². The molecular weight excluding hydrogens is 368 g/mol. The van der Waals surface area contributed by atoms with Gasteiger partial charge in [-0.15, -0.1) is 10.2 Å². The topological polar surface area (TPSA) is 67.3 Å². The average molecular weight is 393 g/mol. The lowest BCUT2D eigenvalue weighted by atomic mass is 9.99. The van der Waals surface area contributed by atoms with Gasteiger partial charge in [0, 0.05) is 13.1 Å². The molecule has 0 radical (unpaired) electrons. The lowest BCUT2D eigenvalue weighted by molar-refractivity contribution is -0.131. The molecule has 2 aromatic rings. The number of carbonyl (C=O) groups excluding carboxylic acids is 1. The number of anilines is 2. The van der Waals surface area contributed by atoms with Crippen LogP contribution in [0.1, 0.15) is 26.7 Å². The Morgan fingerprint density at radius 2 is 2.08 bits per heavy atom. The first kappa shape index (κ1) is 19.0. The van der Waals surface area contributed by atoms with E-state index in [9.17, 15) is 4.79 Å². The van der Waals surface area contributed by atoms with Gasteiger partial charge in [0.15, 0.2) is 4.34 Å². The van der Waals surface area contributed by atoms with Crippen LogP contribution in [0.3, 0.4) is 0 Å². The number of ether oxygens (including phenoxy) is 1. The van der Waals surface area contributed by atoms with Crippen molar-refractivity contribution in [1.82, 2.24) is 15.1 Å². The molecule has 1 N–H and O–H groups in total. The van der Waals surface area contributed by atoms with Crippen molar-refractivity contribution < 1.29 is 9.53 Å². The van der Waals surface area contributed by atoms with E-state index in [1.165, 1.54) is 23.1 Å². The normalized spacial score (nSPS) is 16.3. The van der Waals surface area contributed by atoms with Crippen molar-refractivity contribution in [3.8, 4) is 5.75 Å². The van der Waals surface area contributed by atoms with Crippen LogP contribution in [-0.4, -0.2) is 46.5 Å². The molecule has 8 heteroatoms. The maximum Gasteiger partial charge on any atom is 0.235 e. The SMILES string of the molecule is COc1ccccc1Nc1nnc(SC(C)C(=O)N2CCC(C)CC2)s1. The van der Waals surface area contributed by atoms with Gasteiger partial charge in [0.05, 0.1) is 18.0 Å². The number of methoxy groups -OCH3 is 1. The highest BCUT2D eigenvalue weighted by molar-refractivity contribution is 8.02. The molecule has 0 saturated carbocycles. The molecule has 3 rings (SSSR count). The van der Waals surface area contributed by atoms with Crippen molar-refractivity contribution in [3.05, 3.63) is 24.3 Å². The minimum atomic E-state index is -0.157. The number of nitrogens with zero attached hydrogens (tertiary/aromatic N) is 3. The number of thioether (sulfide) groups is 1. The van der Waals surface area contributed by atoms with E-state index in [-0.39, 0.29) is 11.2 Å². The summed E-state index contributed by atoms with van der Waals surface area (Å²) >= 11 is 2.91. The average Bonchev–Trinajstić information content (AvgIpc) is 3.09. The van der Waals surface area contributed by atoms with Crippen molar-refractivity contribution in [3.63, 3.8) is 0 Å². The van der Waals surface area contributed by atoms with Gasteiger partial charge >= 0.3 is 0 Å². The molecule has 140 valence electrons. The van der Waals surface area contributed by atoms with Crippen molar-refractivity contribution in [2.45, 2.75) is 36.3 Å². The molecule has 2 heterocycles. The van der Waals surface area contributed by atoms with E-state index in [0.717, 1.165) is 41.7 Å². The standard InChI is InChI=1S/C18H24N4O2S2/c1-12-8-10-22(11-9-12)16(23)13(2)25-18-21-20-17(26-18)19-14-6-4-5-7-15(14)24-3/h4-7,12-13H,8-11H2,1-3H3,(H,19,20). The number of nitrogens with one attached hydrogen (secondary N) is 1. The van der Waals surface area contributed by atoms with E-state index >= 15 is 0 Å². The molecule has 1 aliphatic rings. The first-order valence-electron chi connectivity index (χ1n) is 8.76. The molecule has 1 aromatic heterocycles. The second kappa shape index (κ2) is 8.73. The first-order chi connectivity index (χ1) is 12.6. The molecular formula is C18H24N4O2S2. The summed E-state index contributed by atoms with van der Waals surface area (Å²) in [5, 5.41) is 12.1. The predicted octanol–water partition coefficient (Wildman–Crippen LogP) is 4.03. The zero-order valence-corrected chi connectivity index (χ0v) is 16.9. The first-order valence-corrected chi connectivity index (χ1v) is 10.5. The highest BCUT2D eigenvalue weighted by Gasteiger charge is 2.26. The second-order valence-corrected chi connectivity index (χ2v) is 9.03. The Morgan fingerprint density at radius 1 is 1.35 bits per heavy atom. The maximum absolute atomic E-state index is 12.6. The lowest BCUT2D eigenvalue weighted by Gasteiger charge is -2.31. The number of para-hydroxylation sites is 2. The summed E-state index contributed by atoms with van der Waals surface area (Å²) in [4.78, 5) is 14.6.